The Labute approximate surface area is 144 Å². The Kier molecular flexibility index (Phi) is 6.18. The molecule has 2 aromatic rings. The average molecular weight is 397 g/mol. The molecule has 0 amide bonds. The zero-order valence-corrected chi connectivity index (χ0v) is 15.0. The lowest BCUT2D eigenvalue weighted by Gasteiger charge is -2.08. The molecule has 0 fully saturated rings. The zero-order chi connectivity index (χ0) is 16.7. The topological polar surface area (TPSA) is 67.8 Å². The molecule has 2 rings (SSSR count). The fourth-order valence-electron chi connectivity index (χ4n) is 1.78. The van der Waals surface area contributed by atoms with Gasteiger partial charge in [0.2, 0.25) is 0 Å². The normalized spacial score (nSPS) is 11.6. The van der Waals surface area contributed by atoms with E-state index in [2.05, 4.69) is 25.9 Å². The molecular formula is C16H17BrN2O3S. The van der Waals surface area contributed by atoms with E-state index < -0.39 is 10.0 Å². The van der Waals surface area contributed by atoms with Crippen molar-refractivity contribution in [2.75, 3.05) is 6.61 Å². The summed E-state index contributed by atoms with van der Waals surface area (Å²) in [4.78, 5) is 2.36. The third kappa shape index (κ3) is 5.07. The number of benzene rings is 2. The number of hydrogen-bond acceptors (Lipinski definition) is 4. The number of nitrogens with one attached hydrogen (secondary N) is 1. The van der Waals surface area contributed by atoms with Crippen LogP contribution in [-0.4, -0.2) is 21.2 Å². The minimum Gasteiger partial charge on any atom is -0.493 e. The lowest BCUT2D eigenvalue weighted by Crippen LogP contribution is -2.18. The summed E-state index contributed by atoms with van der Waals surface area (Å²) in [5.41, 5.74) is 0.684. The van der Waals surface area contributed by atoms with Gasteiger partial charge in [-0.25, -0.2) is 4.83 Å². The molecule has 23 heavy (non-hydrogen) atoms. The summed E-state index contributed by atoms with van der Waals surface area (Å²) in [6.07, 6.45) is 2.31. The van der Waals surface area contributed by atoms with Gasteiger partial charge in [-0.1, -0.05) is 41.1 Å². The van der Waals surface area contributed by atoms with Crippen LogP contribution in [0.15, 0.2) is 63.0 Å². The molecular weight excluding hydrogens is 380 g/mol. The van der Waals surface area contributed by atoms with Gasteiger partial charge in [0.25, 0.3) is 10.0 Å². The highest BCUT2D eigenvalue weighted by Gasteiger charge is 2.11. The SMILES string of the molecule is CCCOc1ccc(Br)cc1/C=N/NS(=O)(=O)c1ccccc1. The fourth-order valence-corrected chi connectivity index (χ4v) is 2.97. The Morgan fingerprint density at radius 3 is 2.65 bits per heavy atom. The molecule has 122 valence electrons. The largest absolute Gasteiger partial charge is 0.493 e. The molecule has 0 heterocycles. The van der Waals surface area contributed by atoms with Gasteiger partial charge in [-0.3, -0.25) is 0 Å². The first-order chi connectivity index (χ1) is 11.0. The van der Waals surface area contributed by atoms with Crippen molar-refractivity contribution in [2.24, 2.45) is 5.10 Å². The Balaban J connectivity index is 2.15. The molecule has 0 aliphatic heterocycles. The molecule has 0 radical (unpaired) electrons. The van der Waals surface area contributed by atoms with E-state index in [0.717, 1.165) is 10.9 Å². The van der Waals surface area contributed by atoms with E-state index in [0.29, 0.717) is 17.9 Å². The lowest BCUT2D eigenvalue weighted by molar-refractivity contribution is 0.317. The van der Waals surface area contributed by atoms with E-state index in [4.69, 9.17) is 4.74 Å². The first kappa shape index (κ1) is 17.5. The van der Waals surface area contributed by atoms with Crippen molar-refractivity contribution < 1.29 is 13.2 Å². The van der Waals surface area contributed by atoms with Crippen molar-refractivity contribution in [2.45, 2.75) is 18.2 Å². The molecule has 0 aliphatic carbocycles. The van der Waals surface area contributed by atoms with E-state index >= 15 is 0 Å². The summed E-state index contributed by atoms with van der Waals surface area (Å²) in [6, 6.07) is 13.6. The van der Waals surface area contributed by atoms with Gasteiger partial charge in [0.05, 0.1) is 17.7 Å². The number of ether oxygens (including phenoxy) is 1. The van der Waals surface area contributed by atoms with Gasteiger partial charge in [0, 0.05) is 10.0 Å². The number of sulfonamides is 1. The average Bonchev–Trinajstić information content (AvgIpc) is 2.55. The van der Waals surface area contributed by atoms with Gasteiger partial charge in [0.15, 0.2) is 0 Å². The molecule has 0 atom stereocenters. The van der Waals surface area contributed by atoms with Crippen molar-refractivity contribution in [3.63, 3.8) is 0 Å². The highest BCUT2D eigenvalue weighted by atomic mass is 79.9. The summed E-state index contributed by atoms with van der Waals surface area (Å²) in [6.45, 7) is 2.60. The highest BCUT2D eigenvalue weighted by molar-refractivity contribution is 9.10. The van der Waals surface area contributed by atoms with Crippen LogP contribution < -0.4 is 9.57 Å². The smallest absolute Gasteiger partial charge is 0.276 e. The van der Waals surface area contributed by atoms with Crippen LogP contribution in [-0.2, 0) is 10.0 Å². The first-order valence-electron chi connectivity index (χ1n) is 7.05. The van der Waals surface area contributed by atoms with Crippen molar-refractivity contribution in [1.82, 2.24) is 4.83 Å². The Morgan fingerprint density at radius 1 is 1.22 bits per heavy atom. The molecule has 0 saturated heterocycles. The monoisotopic (exact) mass is 396 g/mol. The van der Waals surface area contributed by atoms with Crippen LogP contribution in [0.25, 0.3) is 0 Å². The number of rotatable bonds is 7. The maximum atomic E-state index is 12.1. The molecule has 0 bridgehead atoms. The summed E-state index contributed by atoms with van der Waals surface area (Å²) in [5, 5.41) is 3.84. The van der Waals surface area contributed by atoms with Crippen LogP contribution >= 0.6 is 15.9 Å². The molecule has 0 aromatic heterocycles. The van der Waals surface area contributed by atoms with E-state index in [9.17, 15) is 8.42 Å². The second kappa shape index (κ2) is 8.12. The van der Waals surface area contributed by atoms with Gasteiger partial charge in [-0.2, -0.15) is 13.5 Å². The van der Waals surface area contributed by atoms with Crippen LogP contribution in [0.2, 0.25) is 0 Å². The molecule has 0 saturated carbocycles. The second-order valence-electron chi connectivity index (χ2n) is 4.70. The summed E-state index contributed by atoms with van der Waals surface area (Å²) < 4.78 is 30.6. The summed E-state index contributed by atoms with van der Waals surface area (Å²) in [7, 11) is -3.67. The minimum absolute atomic E-state index is 0.161. The first-order valence-corrected chi connectivity index (χ1v) is 9.33. The molecule has 0 unspecified atom stereocenters. The standard InChI is InChI=1S/C16H17BrN2O3S/c1-2-10-22-16-9-8-14(17)11-13(16)12-18-19-23(20,21)15-6-4-3-5-7-15/h3-9,11-12,19H,2,10H2,1H3/b18-12+. The molecule has 5 nitrogen and oxygen atoms in total. The fraction of sp³-hybridized carbons (Fsp3) is 0.188. The van der Waals surface area contributed by atoms with Crippen LogP contribution in [0.3, 0.4) is 0 Å². The van der Waals surface area contributed by atoms with Gasteiger partial charge < -0.3 is 4.74 Å². The van der Waals surface area contributed by atoms with Crippen molar-refractivity contribution in [3.8, 4) is 5.75 Å². The third-order valence-corrected chi connectivity index (χ3v) is 4.60. The predicted molar refractivity (Wildman–Crippen MR) is 94.3 cm³/mol. The summed E-state index contributed by atoms with van der Waals surface area (Å²) in [5.74, 6) is 0.651. The van der Waals surface area contributed by atoms with Crippen LogP contribution in [0, 0.1) is 0 Å². The second-order valence-corrected chi connectivity index (χ2v) is 7.27. The van der Waals surface area contributed by atoms with Crippen molar-refractivity contribution in [1.29, 1.82) is 0 Å². The van der Waals surface area contributed by atoms with Gasteiger partial charge in [-0.15, -0.1) is 0 Å². The van der Waals surface area contributed by atoms with E-state index in [-0.39, 0.29) is 4.90 Å². The number of hydrogen-bond donors (Lipinski definition) is 1. The minimum atomic E-state index is -3.67. The van der Waals surface area contributed by atoms with E-state index in [1.54, 1.807) is 18.2 Å². The third-order valence-electron chi connectivity index (χ3n) is 2.86. The quantitative estimate of drug-likeness (QED) is 0.574. The van der Waals surface area contributed by atoms with Crippen LogP contribution in [0.4, 0.5) is 0 Å². The summed E-state index contributed by atoms with van der Waals surface area (Å²) >= 11 is 3.38. The number of nitrogens with zero attached hydrogens (tertiary/aromatic N) is 1. The van der Waals surface area contributed by atoms with Crippen LogP contribution in [0.1, 0.15) is 18.9 Å². The van der Waals surface area contributed by atoms with E-state index in [1.807, 2.05) is 25.1 Å². The molecule has 7 heteroatoms. The number of hydrazone groups is 1. The lowest BCUT2D eigenvalue weighted by atomic mass is 10.2. The van der Waals surface area contributed by atoms with Crippen molar-refractivity contribution in [3.05, 3.63) is 58.6 Å². The van der Waals surface area contributed by atoms with E-state index in [1.165, 1.54) is 18.3 Å². The predicted octanol–water partition coefficient (Wildman–Crippen LogP) is 3.55. The maximum absolute atomic E-state index is 12.1. The highest BCUT2D eigenvalue weighted by Crippen LogP contribution is 2.22. The maximum Gasteiger partial charge on any atom is 0.276 e. The Bertz CT molecular complexity index is 777. The van der Waals surface area contributed by atoms with Gasteiger partial charge in [0.1, 0.15) is 5.75 Å². The molecule has 0 aliphatic rings. The van der Waals surface area contributed by atoms with Crippen LogP contribution in [0.5, 0.6) is 5.75 Å². The van der Waals surface area contributed by atoms with Gasteiger partial charge in [-0.05, 0) is 36.8 Å². The molecule has 2 aromatic carbocycles. The Morgan fingerprint density at radius 2 is 1.96 bits per heavy atom. The molecule has 0 spiro atoms. The zero-order valence-electron chi connectivity index (χ0n) is 12.6. The Hall–Kier alpha value is -1.86. The van der Waals surface area contributed by atoms with Gasteiger partial charge >= 0.3 is 0 Å². The molecule has 1 N–H and O–H groups in total. The number of halogens is 1. The van der Waals surface area contributed by atoms with Crippen molar-refractivity contribution >= 4 is 32.2 Å².